The highest BCUT2D eigenvalue weighted by Gasteiger charge is 2.31. The van der Waals surface area contributed by atoms with E-state index in [4.69, 9.17) is 0 Å². The highest BCUT2D eigenvalue weighted by Crippen LogP contribution is 2.38. The lowest BCUT2D eigenvalue weighted by Gasteiger charge is -2.37. The average Bonchev–Trinajstić information content (AvgIpc) is 2.46. The molecule has 1 aromatic carbocycles. The van der Waals surface area contributed by atoms with Crippen LogP contribution in [0.2, 0.25) is 0 Å². The zero-order valence-corrected chi connectivity index (χ0v) is 15.9. The van der Waals surface area contributed by atoms with Crippen LogP contribution in [-0.4, -0.2) is 14.5 Å². The maximum Gasteiger partial charge on any atom is 0.240 e. The second-order valence-electron chi connectivity index (χ2n) is 8.26. The van der Waals surface area contributed by atoms with Crippen molar-refractivity contribution in [3.05, 3.63) is 29.8 Å². The van der Waals surface area contributed by atoms with Crippen molar-refractivity contribution in [1.29, 1.82) is 0 Å². The SMILES string of the molecule is CC(C)c1ccc(S(=O)(=O)NC2CCC(C(C)(C)C)CC2)cc1. The highest BCUT2D eigenvalue weighted by molar-refractivity contribution is 7.89. The van der Waals surface area contributed by atoms with Crippen LogP contribution in [0.5, 0.6) is 0 Å². The third-order valence-electron chi connectivity index (χ3n) is 5.13. The van der Waals surface area contributed by atoms with Crippen molar-refractivity contribution in [2.75, 3.05) is 0 Å². The van der Waals surface area contributed by atoms with Crippen molar-refractivity contribution in [3.63, 3.8) is 0 Å². The zero-order chi connectivity index (χ0) is 17.3. The summed E-state index contributed by atoms with van der Waals surface area (Å²) in [5.74, 6) is 1.10. The summed E-state index contributed by atoms with van der Waals surface area (Å²) in [5.41, 5.74) is 1.48. The molecule has 1 aromatic rings. The maximum absolute atomic E-state index is 12.5. The molecule has 0 amide bonds. The Bertz CT molecular complexity index is 604. The Labute approximate surface area is 141 Å². The number of hydrogen-bond acceptors (Lipinski definition) is 2. The van der Waals surface area contributed by atoms with Gasteiger partial charge in [-0.3, -0.25) is 0 Å². The number of nitrogens with one attached hydrogen (secondary N) is 1. The number of benzene rings is 1. The van der Waals surface area contributed by atoms with Crippen LogP contribution in [0.4, 0.5) is 0 Å². The van der Waals surface area contributed by atoms with Gasteiger partial charge in [-0.05, 0) is 60.6 Å². The van der Waals surface area contributed by atoms with E-state index in [1.54, 1.807) is 12.1 Å². The molecule has 2 rings (SSSR count). The monoisotopic (exact) mass is 337 g/mol. The quantitative estimate of drug-likeness (QED) is 0.866. The molecule has 23 heavy (non-hydrogen) atoms. The van der Waals surface area contributed by atoms with Crippen LogP contribution < -0.4 is 4.72 Å². The third kappa shape index (κ3) is 4.80. The second-order valence-corrected chi connectivity index (χ2v) is 9.97. The molecule has 4 heteroatoms. The molecule has 0 spiro atoms. The smallest absolute Gasteiger partial charge is 0.208 e. The van der Waals surface area contributed by atoms with E-state index in [1.807, 2.05) is 12.1 Å². The van der Waals surface area contributed by atoms with Crippen molar-refractivity contribution in [3.8, 4) is 0 Å². The van der Waals surface area contributed by atoms with E-state index in [9.17, 15) is 8.42 Å². The van der Waals surface area contributed by atoms with E-state index < -0.39 is 10.0 Å². The molecule has 0 saturated heterocycles. The van der Waals surface area contributed by atoms with Crippen LogP contribution in [0.25, 0.3) is 0 Å². The summed E-state index contributed by atoms with van der Waals surface area (Å²) < 4.78 is 28.0. The van der Waals surface area contributed by atoms with E-state index in [-0.39, 0.29) is 6.04 Å². The van der Waals surface area contributed by atoms with Gasteiger partial charge < -0.3 is 0 Å². The largest absolute Gasteiger partial charge is 0.240 e. The number of hydrogen-bond donors (Lipinski definition) is 1. The van der Waals surface area contributed by atoms with E-state index in [1.165, 1.54) is 0 Å². The van der Waals surface area contributed by atoms with Gasteiger partial charge in [0.25, 0.3) is 0 Å². The minimum absolute atomic E-state index is 0.0726. The van der Waals surface area contributed by atoms with Gasteiger partial charge in [-0.15, -0.1) is 0 Å². The van der Waals surface area contributed by atoms with Crippen LogP contribution in [0.3, 0.4) is 0 Å². The fourth-order valence-electron chi connectivity index (χ4n) is 3.40. The van der Waals surface area contributed by atoms with Gasteiger partial charge in [0.05, 0.1) is 4.90 Å². The molecular formula is C19H31NO2S. The molecule has 0 atom stereocenters. The maximum atomic E-state index is 12.5. The molecule has 0 aliphatic heterocycles. The molecule has 1 saturated carbocycles. The summed E-state index contributed by atoms with van der Waals surface area (Å²) in [6.45, 7) is 11.0. The van der Waals surface area contributed by atoms with Crippen LogP contribution >= 0.6 is 0 Å². The van der Waals surface area contributed by atoms with Gasteiger partial charge in [0, 0.05) is 6.04 Å². The first-order chi connectivity index (χ1) is 10.6. The first kappa shape index (κ1) is 18.5. The molecule has 130 valence electrons. The summed E-state index contributed by atoms with van der Waals surface area (Å²) in [6, 6.07) is 7.34. The zero-order valence-electron chi connectivity index (χ0n) is 15.1. The van der Waals surface area contributed by atoms with Gasteiger partial charge >= 0.3 is 0 Å². The predicted molar refractivity (Wildman–Crippen MR) is 96.1 cm³/mol. The molecule has 1 fully saturated rings. The molecule has 0 radical (unpaired) electrons. The minimum atomic E-state index is -3.41. The minimum Gasteiger partial charge on any atom is -0.208 e. The van der Waals surface area contributed by atoms with Gasteiger partial charge in [0.1, 0.15) is 0 Å². The summed E-state index contributed by atoms with van der Waals surface area (Å²) in [6.07, 6.45) is 4.07. The fraction of sp³-hybridized carbons (Fsp3) is 0.684. The summed E-state index contributed by atoms with van der Waals surface area (Å²) in [5, 5.41) is 0. The fourth-order valence-corrected chi connectivity index (χ4v) is 4.70. The molecule has 0 unspecified atom stereocenters. The Kier molecular flexibility index (Phi) is 5.57. The van der Waals surface area contributed by atoms with Gasteiger partial charge in [0.15, 0.2) is 0 Å². The summed E-state index contributed by atoms with van der Waals surface area (Å²) >= 11 is 0. The second kappa shape index (κ2) is 6.94. The molecular weight excluding hydrogens is 306 g/mol. The lowest BCUT2D eigenvalue weighted by atomic mass is 9.71. The molecule has 3 nitrogen and oxygen atoms in total. The van der Waals surface area contributed by atoms with Gasteiger partial charge in [-0.2, -0.15) is 0 Å². The van der Waals surface area contributed by atoms with Crippen LogP contribution in [0, 0.1) is 11.3 Å². The molecule has 0 aromatic heterocycles. The molecule has 0 heterocycles. The molecule has 0 bridgehead atoms. The Morgan fingerprint density at radius 2 is 1.52 bits per heavy atom. The third-order valence-corrected chi connectivity index (χ3v) is 6.67. The highest BCUT2D eigenvalue weighted by atomic mass is 32.2. The Morgan fingerprint density at radius 1 is 1.00 bits per heavy atom. The molecule has 1 aliphatic rings. The first-order valence-electron chi connectivity index (χ1n) is 8.72. The Balaban J connectivity index is 1.99. The van der Waals surface area contributed by atoms with Crippen LogP contribution in [-0.2, 0) is 10.0 Å². The van der Waals surface area contributed by atoms with E-state index in [0.717, 1.165) is 31.2 Å². The van der Waals surface area contributed by atoms with Crippen LogP contribution in [0.1, 0.15) is 71.8 Å². The van der Waals surface area contributed by atoms with Crippen molar-refractivity contribution in [1.82, 2.24) is 4.72 Å². The topological polar surface area (TPSA) is 46.2 Å². The van der Waals surface area contributed by atoms with Crippen molar-refractivity contribution in [2.45, 2.75) is 77.2 Å². The van der Waals surface area contributed by atoms with Gasteiger partial charge in [-0.25, -0.2) is 13.1 Å². The Morgan fingerprint density at radius 3 is 1.96 bits per heavy atom. The lowest BCUT2D eigenvalue weighted by molar-refractivity contribution is 0.166. The van der Waals surface area contributed by atoms with Crippen LogP contribution in [0.15, 0.2) is 29.2 Å². The normalized spacial score (nSPS) is 23.2. The standard InChI is InChI=1S/C19H31NO2S/c1-14(2)15-6-12-18(13-7-15)23(21,22)20-17-10-8-16(9-11-17)19(3,4)5/h6-7,12-14,16-17,20H,8-11H2,1-5H3. The molecule has 1 N–H and O–H groups in total. The lowest BCUT2D eigenvalue weighted by Crippen LogP contribution is -2.39. The van der Waals surface area contributed by atoms with Crippen molar-refractivity contribution < 1.29 is 8.42 Å². The predicted octanol–water partition coefficient (Wildman–Crippen LogP) is 4.69. The van der Waals surface area contributed by atoms with E-state index >= 15 is 0 Å². The van der Waals surface area contributed by atoms with Crippen molar-refractivity contribution in [2.24, 2.45) is 11.3 Å². The Hall–Kier alpha value is -0.870. The average molecular weight is 338 g/mol. The summed E-state index contributed by atoms with van der Waals surface area (Å²) in [7, 11) is -3.41. The van der Waals surface area contributed by atoms with Gasteiger partial charge in [0.2, 0.25) is 10.0 Å². The number of rotatable bonds is 4. The first-order valence-corrected chi connectivity index (χ1v) is 10.2. The van der Waals surface area contributed by atoms with E-state index in [2.05, 4.69) is 39.3 Å². The molecule has 1 aliphatic carbocycles. The van der Waals surface area contributed by atoms with Crippen molar-refractivity contribution >= 4 is 10.0 Å². The summed E-state index contributed by atoms with van der Waals surface area (Å²) in [4.78, 5) is 0.375. The van der Waals surface area contributed by atoms with E-state index in [0.29, 0.717) is 22.1 Å². The van der Waals surface area contributed by atoms with Gasteiger partial charge in [-0.1, -0.05) is 46.8 Å². The number of sulfonamides is 1.